The van der Waals surface area contributed by atoms with Crippen LogP contribution in [0.2, 0.25) is 0 Å². The van der Waals surface area contributed by atoms with Gasteiger partial charge in [0.2, 0.25) is 5.91 Å². The molecule has 5 heteroatoms. The van der Waals surface area contributed by atoms with E-state index in [1.165, 1.54) is 11.0 Å². The summed E-state index contributed by atoms with van der Waals surface area (Å²) in [5, 5.41) is 11.7. The second-order valence-corrected chi connectivity index (χ2v) is 4.80. The highest BCUT2D eigenvalue weighted by molar-refractivity contribution is 5.77. The smallest absolute Gasteiger partial charge is 0.407 e. The van der Waals surface area contributed by atoms with Gasteiger partial charge in [-0.3, -0.25) is 4.79 Å². The predicted octanol–water partition coefficient (Wildman–Crippen LogP) is 1.85. The van der Waals surface area contributed by atoms with Crippen LogP contribution < -0.4 is 5.32 Å². The van der Waals surface area contributed by atoms with Crippen molar-refractivity contribution in [3.8, 4) is 0 Å². The van der Waals surface area contributed by atoms with E-state index in [-0.39, 0.29) is 5.91 Å². The molecule has 98 valence electrons. The highest BCUT2D eigenvalue weighted by Crippen LogP contribution is 2.13. The van der Waals surface area contributed by atoms with Gasteiger partial charge in [0, 0.05) is 25.0 Å². The number of amides is 2. The molecule has 0 bridgehead atoms. The van der Waals surface area contributed by atoms with Crippen LogP contribution in [0.1, 0.15) is 33.6 Å². The SMILES string of the molecule is C=CCC(=O)NCCCN(C(=O)O)C(C)(C)C. The van der Waals surface area contributed by atoms with Crippen molar-refractivity contribution in [1.82, 2.24) is 10.2 Å². The Kier molecular flexibility index (Phi) is 6.31. The van der Waals surface area contributed by atoms with Crippen LogP contribution in [0.3, 0.4) is 0 Å². The van der Waals surface area contributed by atoms with Gasteiger partial charge in [0.25, 0.3) is 0 Å². The summed E-state index contributed by atoms with van der Waals surface area (Å²) in [5.41, 5.74) is -0.420. The van der Waals surface area contributed by atoms with Gasteiger partial charge in [0.1, 0.15) is 0 Å². The number of carboxylic acid groups (broad SMARTS) is 1. The molecule has 0 aliphatic heterocycles. The molecule has 0 aromatic rings. The van der Waals surface area contributed by atoms with E-state index in [0.29, 0.717) is 25.9 Å². The Labute approximate surface area is 102 Å². The fourth-order valence-electron chi connectivity index (χ4n) is 1.39. The van der Waals surface area contributed by atoms with E-state index in [4.69, 9.17) is 5.11 Å². The van der Waals surface area contributed by atoms with Crippen molar-refractivity contribution in [3.05, 3.63) is 12.7 Å². The summed E-state index contributed by atoms with van der Waals surface area (Å²) in [6.45, 7) is 9.89. The van der Waals surface area contributed by atoms with Gasteiger partial charge in [0.05, 0.1) is 0 Å². The van der Waals surface area contributed by atoms with Crippen molar-refractivity contribution < 1.29 is 14.7 Å². The Morgan fingerprint density at radius 1 is 1.41 bits per heavy atom. The number of carbonyl (C=O) groups excluding carboxylic acids is 1. The van der Waals surface area contributed by atoms with Crippen LogP contribution in [0.5, 0.6) is 0 Å². The molecule has 2 N–H and O–H groups in total. The van der Waals surface area contributed by atoms with E-state index >= 15 is 0 Å². The summed E-state index contributed by atoms with van der Waals surface area (Å²) in [6, 6.07) is 0. The first-order valence-corrected chi connectivity index (χ1v) is 5.67. The van der Waals surface area contributed by atoms with E-state index in [1.807, 2.05) is 20.8 Å². The van der Waals surface area contributed by atoms with Gasteiger partial charge < -0.3 is 15.3 Å². The number of carbonyl (C=O) groups is 2. The van der Waals surface area contributed by atoms with Gasteiger partial charge in [-0.2, -0.15) is 0 Å². The Balaban J connectivity index is 3.96. The Bertz CT molecular complexity index is 282. The molecule has 0 aliphatic rings. The summed E-state index contributed by atoms with van der Waals surface area (Å²) in [6.07, 6.45) is 1.50. The number of rotatable bonds is 6. The Hall–Kier alpha value is -1.52. The molecule has 0 aliphatic carbocycles. The summed E-state index contributed by atoms with van der Waals surface area (Å²) < 4.78 is 0. The van der Waals surface area contributed by atoms with Crippen molar-refractivity contribution in [1.29, 1.82) is 0 Å². The highest BCUT2D eigenvalue weighted by Gasteiger charge is 2.25. The number of nitrogens with zero attached hydrogens (tertiary/aromatic N) is 1. The molecule has 0 saturated carbocycles. The molecule has 0 spiro atoms. The second-order valence-electron chi connectivity index (χ2n) is 4.80. The van der Waals surface area contributed by atoms with Crippen LogP contribution in [0.25, 0.3) is 0 Å². The van der Waals surface area contributed by atoms with Crippen LogP contribution in [-0.4, -0.2) is 40.6 Å². The monoisotopic (exact) mass is 242 g/mol. The molecule has 0 fully saturated rings. The minimum absolute atomic E-state index is 0.0855. The molecule has 0 atom stereocenters. The van der Waals surface area contributed by atoms with Crippen molar-refractivity contribution in [2.75, 3.05) is 13.1 Å². The molecule has 0 heterocycles. The minimum Gasteiger partial charge on any atom is -0.465 e. The van der Waals surface area contributed by atoms with E-state index in [0.717, 1.165) is 0 Å². The maximum absolute atomic E-state index is 11.1. The van der Waals surface area contributed by atoms with Crippen LogP contribution in [-0.2, 0) is 4.79 Å². The Morgan fingerprint density at radius 2 is 2.00 bits per heavy atom. The van der Waals surface area contributed by atoms with E-state index in [9.17, 15) is 9.59 Å². The highest BCUT2D eigenvalue weighted by atomic mass is 16.4. The third kappa shape index (κ3) is 6.60. The predicted molar refractivity (Wildman–Crippen MR) is 66.9 cm³/mol. The van der Waals surface area contributed by atoms with Gasteiger partial charge in [-0.1, -0.05) is 6.08 Å². The summed E-state index contributed by atoms with van der Waals surface area (Å²) in [7, 11) is 0. The van der Waals surface area contributed by atoms with Gasteiger partial charge in [-0.25, -0.2) is 4.79 Å². The van der Waals surface area contributed by atoms with Crippen molar-refractivity contribution >= 4 is 12.0 Å². The molecule has 2 amide bonds. The average molecular weight is 242 g/mol. The molecule has 17 heavy (non-hydrogen) atoms. The molecular weight excluding hydrogens is 220 g/mol. The lowest BCUT2D eigenvalue weighted by atomic mass is 10.1. The molecule has 0 saturated heterocycles. The Morgan fingerprint density at radius 3 is 2.41 bits per heavy atom. The zero-order valence-corrected chi connectivity index (χ0v) is 10.8. The van der Waals surface area contributed by atoms with Crippen LogP contribution in [0.15, 0.2) is 12.7 Å². The van der Waals surface area contributed by atoms with Crippen LogP contribution >= 0.6 is 0 Å². The topological polar surface area (TPSA) is 69.6 Å². The quantitative estimate of drug-likeness (QED) is 0.551. The fourth-order valence-corrected chi connectivity index (χ4v) is 1.39. The standard InChI is InChI=1S/C12H22N2O3/c1-5-7-10(15)13-8-6-9-14(11(16)17)12(2,3)4/h5H,1,6-9H2,2-4H3,(H,13,15)(H,16,17). The van der Waals surface area contributed by atoms with E-state index in [2.05, 4.69) is 11.9 Å². The van der Waals surface area contributed by atoms with Crippen molar-refractivity contribution in [2.45, 2.75) is 39.2 Å². The van der Waals surface area contributed by atoms with Gasteiger partial charge >= 0.3 is 6.09 Å². The maximum Gasteiger partial charge on any atom is 0.407 e. The zero-order valence-electron chi connectivity index (χ0n) is 10.8. The third-order valence-electron chi connectivity index (χ3n) is 2.25. The largest absolute Gasteiger partial charge is 0.465 e. The number of nitrogens with one attached hydrogen (secondary N) is 1. The fraction of sp³-hybridized carbons (Fsp3) is 0.667. The first-order valence-electron chi connectivity index (χ1n) is 5.67. The van der Waals surface area contributed by atoms with Gasteiger partial charge in [0.15, 0.2) is 0 Å². The van der Waals surface area contributed by atoms with Gasteiger partial charge in [-0.05, 0) is 27.2 Å². The van der Waals surface area contributed by atoms with Crippen molar-refractivity contribution in [2.24, 2.45) is 0 Å². The maximum atomic E-state index is 11.1. The third-order valence-corrected chi connectivity index (χ3v) is 2.25. The minimum atomic E-state index is -0.935. The zero-order chi connectivity index (χ0) is 13.5. The molecular formula is C12H22N2O3. The normalized spacial score (nSPS) is 10.8. The molecule has 0 aromatic carbocycles. The number of hydrogen-bond acceptors (Lipinski definition) is 2. The summed E-state index contributed by atoms with van der Waals surface area (Å²) >= 11 is 0. The molecule has 5 nitrogen and oxygen atoms in total. The lowest BCUT2D eigenvalue weighted by Gasteiger charge is -2.33. The second kappa shape index (κ2) is 6.93. The summed E-state index contributed by atoms with van der Waals surface area (Å²) in [4.78, 5) is 23.5. The molecule has 0 unspecified atom stereocenters. The van der Waals surface area contributed by atoms with E-state index in [1.54, 1.807) is 0 Å². The van der Waals surface area contributed by atoms with Crippen LogP contribution in [0, 0.1) is 0 Å². The lowest BCUT2D eigenvalue weighted by molar-refractivity contribution is -0.120. The van der Waals surface area contributed by atoms with E-state index < -0.39 is 11.6 Å². The summed E-state index contributed by atoms with van der Waals surface area (Å²) in [5.74, 6) is -0.0855. The lowest BCUT2D eigenvalue weighted by Crippen LogP contribution is -2.46. The van der Waals surface area contributed by atoms with Gasteiger partial charge in [-0.15, -0.1) is 6.58 Å². The average Bonchev–Trinajstić information content (AvgIpc) is 2.14. The van der Waals surface area contributed by atoms with Crippen molar-refractivity contribution in [3.63, 3.8) is 0 Å². The molecule has 0 rings (SSSR count). The first kappa shape index (κ1) is 15.5. The molecule has 0 radical (unpaired) electrons. The number of hydrogen-bond donors (Lipinski definition) is 2. The first-order chi connectivity index (χ1) is 7.79. The van der Waals surface area contributed by atoms with Crippen LogP contribution in [0.4, 0.5) is 4.79 Å². The molecule has 0 aromatic heterocycles.